The van der Waals surface area contributed by atoms with Crippen LogP contribution in [0.5, 0.6) is 5.75 Å². The monoisotopic (exact) mass is 647 g/mol. The number of aliphatic hydroxyl groups excluding tert-OH is 1. The number of hydrogen-bond acceptors (Lipinski definition) is 8. The van der Waals surface area contributed by atoms with Crippen molar-refractivity contribution in [1.82, 2.24) is 10.9 Å². The number of amides is 1. The van der Waals surface area contributed by atoms with Gasteiger partial charge in [-0.25, -0.2) is 10.4 Å². The number of carbonyl (C=O) groups excluding carboxylic acids is 2. The van der Waals surface area contributed by atoms with Gasteiger partial charge >= 0.3 is 5.97 Å². The Bertz CT molecular complexity index is 1310. The summed E-state index contributed by atoms with van der Waals surface area (Å²) in [6, 6.07) is 12.1. The first-order valence-corrected chi connectivity index (χ1v) is 16.1. The first kappa shape index (κ1) is 34.0. The molecule has 2 aliphatic rings. The number of ether oxygens (including phenoxy) is 3. The second-order valence-electron chi connectivity index (χ2n) is 12.4. The lowest BCUT2D eigenvalue weighted by atomic mass is 9.83. The van der Waals surface area contributed by atoms with Gasteiger partial charge in [0.05, 0.1) is 6.61 Å². The number of aliphatic imine (C=N–C) groups is 1. The van der Waals surface area contributed by atoms with Crippen LogP contribution in [0.4, 0.5) is 0 Å². The molecule has 2 aromatic rings. The highest BCUT2D eigenvalue weighted by Crippen LogP contribution is 2.45. The van der Waals surface area contributed by atoms with Gasteiger partial charge in [0.1, 0.15) is 11.4 Å². The minimum absolute atomic E-state index is 0.00827. The molecule has 1 aliphatic heterocycles. The normalized spacial score (nSPS) is 20.5. The Balaban J connectivity index is 1.68. The molecule has 9 nitrogen and oxygen atoms in total. The standard InChI is InChI=1S/C33H43Cl2N3O6/c1-32(2,3)44-28(40)16-17-33(31(41)38-36-21-22-8-5-4-6-9-22)29(26-15-12-24(34)20-27(26)35)43-30(37-33)23-10-13-25(14-11-23)42-19-7-18-39/h10-15,20,22,29,36,39H,4-9,16-19,21H2,1-3H3,(H,38,41)/t29-,33-/m0/s1. The second kappa shape index (κ2) is 15.4. The van der Waals surface area contributed by atoms with Gasteiger partial charge in [0.2, 0.25) is 5.90 Å². The lowest BCUT2D eigenvalue weighted by Gasteiger charge is -2.31. The predicted octanol–water partition coefficient (Wildman–Crippen LogP) is 6.33. The lowest BCUT2D eigenvalue weighted by Crippen LogP contribution is -2.53. The fourth-order valence-corrected chi connectivity index (χ4v) is 6.03. The number of aliphatic hydroxyl groups is 1. The van der Waals surface area contributed by atoms with Crippen molar-refractivity contribution in [3.63, 3.8) is 0 Å². The third-order valence-electron chi connectivity index (χ3n) is 7.72. The molecular formula is C33H43Cl2N3O6. The van der Waals surface area contributed by atoms with E-state index in [9.17, 15) is 9.59 Å². The zero-order valence-electron chi connectivity index (χ0n) is 25.7. The van der Waals surface area contributed by atoms with Crippen molar-refractivity contribution in [2.45, 2.75) is 89.4 Å². The molecule has 44 heavy (non-hydrogen) atoms. The molecule has 1 heterocycles. The van der Waals surface area contributed by atoms with Crippen molar-refractivity contribution < 1.29 is 28.9 Å². The Kier molecular flexibility index (Phi) is 11.9. The maximum Gasteiger partial charge on any atom is 0.306 e. The third-order valence-corrected chi connectivity index (χ3v) is 8.29. The average Bonchev–Trinajstić information content (AvgIpc) is 3.37. The Morgan fingerprint density at radius 2 is 1.82 bits per heavy atom. The van der Waals surface area contributed by atoms with Gasteiger partial charge in [-0.15, -0.1) is 0 Å². The van der Waals surface area contributed by atoms with Crippen LogP contribution in [-0.2, 0) is 19.1 Å². The van der Waals surface area contributed by atoms with Gasteiger partial charge in [0, 0.05) is 47.2 Å². The third kappa shape index (κ3) is 9.10. The van der Waals surface area contributed by atoms with Crippen LogP contribution < -0.4 is 15.6 Å². The first-order chi connectivity index (χ1) is 21.0. The summed E-state index contributed by atoms with van der Waals surface area (Å²) in [5.74, 6) is 0.439. The van der Waals surface area contributed by atoms with Gasteiger partial charge in [-0.3, -0.25) is 15.0 Å². The van der Waals surface area contributed by atoms with Gasteiger partial charge in [0.25, 0.3) is 5.91 Å². The van der Waals surface area contributed by atoms with Crippen LogP contribution in [-0.4, -0.2) is 53.8 Å². The van der Waals surface area contributed by atoms with Crippen molar-refractivity contribution in [2.75, 3.05) is 19.8 Å². The van der Waals surface area contributed by atoms with E-state index in [1.54, 1.807) is 63.2 Å². The molecule has 2 aromatic carbocycles. The molecule has 0 saturated heterocycles. The molecule has 2 atom stereocenters. The Labute approximate surface area is 269 Å². The average molecular weight is 649 g/mol. The molecule has 240 valence electrons. The highest BCUT2D eigenvalue weighted by molar-refractivity contribution is 6.35. The number of nitrogens with zero attached hydrogens (tertiary/aromatic N) is 1. The summed E-state index contributed by atoms with van der Waals surface area (Å²) in [4.78, 5) is 32.1. The van der Waals surface area contributed by atoms with E-state index in [0.717, 1.165) is 12.8 Å². The van der Waals surface area contributed by atoms with E-state index >= 15 is 0 Å². The molecule has 0 radical (unpaired) electrons. The topological polar surface area (TPSA) is 118 Å². The van der Waals surface area contributed by atoms with Crippen molar-refractivity contribution >= 4 is 41.0 Å². The van der Waals surface area contributed by atoms with Gasteiger partial charge in [0.15, 0.2) is 11.6 Å². The predicted molar refractivity (Wildman–Crippen MR) is 171 cm³/mol. The van der Waals surface area contributed by atoms with Crippen molar-refractivity contribution in [2.24, 2.45) is 10.9 Å². The molecule has 0 aromatic heterocycles. The number of esters is 1. The fraction of sp³-hybridized carbons (Fsp3) is 0.545. The van der Waals surface area contributed by atoms with E-state index in [0.29, 0.717) is 52.4 Å². The van der Waals surface area contributed by atoms with E-state index < -0.39 is 29.1 Å². The molecule has 1 amide bonds. The van der Waals surface area contributed by atoms with E-state index in [4.69, 9.17) is 47.5 Å². The van der Waals surface area contributed by atoms with Crippen LogP contribution in [0, 0.1) is 5.92 Å². The van der Waals surface area contributed by atoms with Crippen LogP contribution in [0.3, 0.4) is 0 Å². The SMILES string of the molecule is CC(C)(C)OC(=O)CC[C@]1(C(=O)NNCC2CCCCC2)N=C(c2ccc(OCCCO)cc2)O[C@H]1c1ccc(Cl)cc1Cl. The number of benzene rings is 2. The molecule has 3 N–H and O–H groups in total. The van der Waals surface area contributed by atoms with E-state index in [-0.39, 0.29) is 25.3 Å². The highest BCUT2D eigenvalue weighted by atomic mass is 35.5. The zero-order chi connectivity index (χ0) is 31.7. The first-order valence-electron chi connectivity index (χ1n) is 15.3. The minimum Gasteiger partial charge on any atom is -0.494 e. The number of rotatable bonds is 13. The number of nitrogens with one attached hydrogen (secondary N) is 2. The fourth-order valence-electron chi connectivity index (χ4n) is 5.52. The number of carbonyl (C=O) groups is 2. The zero-order valence-corrected chi connectivity index (χ0v) is 27.2. The van der Waals surface area contributed by atoms with Crippen LogP contribution in [0.25, 0.3) is 0 Å². The smallest absolute Gasteiger partial charge is 0.306 e. The number of hydrogen-bond donors (Lipinski definition) is 3. The highest BCUT2D eigenvalue weighted by Gasteiger charge is 2.54. The van der Waals surface area contributed by atoms with Crippen molar-refractivity contribution in [3.05, 3.63) is 63.6 Å². The Hall–Kier alpha value is -2.85. The molecule has 1 fully saturated rings. The van der Waals surface area contributed by atoms with E-state index in [1.165, 1.54) is 19.3 Å². The molecule has 0 unspecified atom stereocenters. The summed E-state index contributed by atoms with van der Waals surface area (Å²) in [7, 11) is 0. The van der Waals surface area contributed by atoms with Gasteiger partial charge in [-0.1, -0.05) is 48.5 Å². The van der Waals surface area contributed by atoms with Crippen LogP contribution >= 0.6 is 23.2 Å². The molecule has 0 bridgehead atoms. The summed E-state index contributed by atoms with van der Waals surface area (Å²) in [6.45, 7) is 6.45. The van der Waals surface area contributed by atoms with Crippen LogP contribution in [0.2, 0.25) is 10.0 Å². The molecule has 4 rings (SSSR count). The summed E-state index contributed by atoms with van der Waals surface area (Å²) >= 11 is 12.9. The summed E-state index contributed by atoms with van der Waals surface area (Å²) in [5, 5.41) is 9.79. The molecule has 1 aliphatic carbocycles. The van der Waals surface area contributed by atoms with Crippen LogP contribution in [0.1, 0.15) is 89.4 Å². The second-order valence-corrected chi connectivity index (χ2v) is 13.2. The van der Waals surface area contributed by atoms with E-state index in [1.807, 2.05) is 0 Å². The summed E-state index contributed by atoms with van der Waals surface area (Å²) in [6.07, 6.45) is 5.33. The van der Waals surface area contributed by atoms with Gasteiger partial charge < -0.3 is 19.3 Å². The molecular weight excluding hydrogens is 605 g/mol. The minimum atomic E-state index is -1.56. The van der Waals surface area contributed by atoms with E-state index in [2.05, 4.69) is 10.9 Å². The maximum absolute atomic E-state index is 14.2. The van der Waals surface area contributed by atoms with Crippen LogP contribution in [0.15, 0.2) is 47.5 Å². The summed E-state index contributed by atoms with van der Waals surface area (Å²) < 4.78 is 17.7. The number of halogens is 2. The van der Waals surface area contributed by atoms with Crippen molar-refractivity contribution in [3.8, 4) is 5.75 Å². The molecule has 11 heteroatoms. The lowest BCUT2D eigenvalue weighted by molar-refractivity contribution is -0.155. The Morgan fingerprint density at radius 1 is 1.09 bits per heavy atom. The van der Waals surface area contributed by atoms with Crippen molar-refractivity contribution in [1.29, 1.82) is 0 Å². The Morgan fingerprint density at radius 3 is 2.48 bits per heavy atom. The maximum atomic E-state index is 14.2. The molecule has 1 saturated carbocycles. The largest absolute Gasteiger partial charge is 0.494 e. The quantitative estimate of drug-likeness (QED) is 0.132. The molecule has 0 spiro atoms. The van der Waals surface area contributed by atoms with Gasteiger partial charge in [-0.05, 0) is 82.3 Å². The summed E-state index contributed by atoms with van der Waals surface area (Å²) in [5.41, 5.74) is 4.92. The number of hydrazine groups is 1. The van der Waals surface area contributed by atoms with Gasteiger partial charge in [-0.2, -0.15) is 0 Å².